The van der Waals surface area contributed by atoms with Crippen LogP contribution in [0.4, 0.5) is 0 Å². The average molecular weight is 352 g/mol. The van der Waals surface area contributed by atoms with Crippen LogP contribution in [-0.2, 0) is 16.1 Å². The number of amides is 1. The van der Waals surface area contributed by atoms with Crippen molar-refractivity contribution in [1.82, 2.24) is 9.88 Å². The molecule has 1 amide bonds. The number of pyridine rings is 1. The van der Waals surface area contributed by atoms with Gasteiger partial charge >= 0.3 is 0 Å². The third-order valence-electron chi connectivity index (χ3n) is 4.41. The molecule has 0 fully saturated rings. The molecule has 0 radical (unpaired) electrons. The number of aromatic nitrogens is 1. The number of benzene rings is 1. The van der Waals surface area contributed by atoms with Crippen molar-refractivity contribution < 1.29 is 19.4 Å². The Kier molecular flexibility index (Phi) is 5.02. The lowest BCUT2D eigenvalue weighted by Crippen LogP contribution is -2.30. The monoisotopic (exact) mass is 352 g/mol. The van der Waals surface area contributed by atoms with Crippen LogP contribution in [0.15, 0.2) is 60.1 Å². The van der Waals surface area contributed by atoms with Crippen molar-refractivity contribution in [3.63, 3.8) is 0 Å². The second-order valence-electron chi connectivity index (χ2n) is 6.01. The van der Waals surface area contributed by atoms with E-state index in [1.165, 1.54) is 4.90 Å². The lowest BCUT2D eigenvalue weighted by molar-refractivity contribution is -0.130. The number of ether oxygens (including phenoxy) is 1. The Hall–Kier alpha value is -3.15. The Bertz CT molecular complexity index is 861. The first-order valence-corrected chi connectivity index (χ1v) is 8.37. The third kappa shape index (κ3) is 3.18. The van der Waals surface area contributed by atoms with Gasteiger partial charge in [-0.2, -0.15) is 0 Å². The number of hydrogen-bond acceptors (Lipinski definition) is 5. The van der Waals surface area contributed by atoms with E-state index in [4.69, 9.17) is 4.74 Å². The minimum Gasteiger partial charge on any atom is -0.503 e. The van der Waals surface area contributed by atoms with E-state index in [1.54, 1.807) is 38.6 Å². The summed E-state index contributed by atoms with van der Waals surface area (Å²) in [6, 6.07) is 10.2. The fraction of sp³-hybridized carbons (Fsp3) is 0.250. The molecule has 0 bridgehead atoms. The van der Waals surface area contributed by atoms with Gasteiger partial charge in [0.05, 0.1) is 18.7 Å². The van der Waals surface area contributed by atoms with Crippen molar-refractivity contribution in [2.24, 2.45) is 0 Å². The van der Waals surface area contributed by atoms with Crippen molar-refractivity contribution in [2.75, 3.05) is 7.11 Å². The molecule has 2 heterocycles. The van der Waals surface area contributed by atoms with Gasteiger partial charge in [-0.15, -0.1) is 0 Å². The third-order valence-corrected chi connectivity index (χ3v) is 4.41. The summed E-state index contributed by atoms with van der Waals surface area (Å²) in [5.74, 6) is -0.612. The molecule has 1 N–H and O–H groups in total. The SMILES string of the molecule is CCC(=O)C1=C(O)C(=O)N(Cc2cccc(OC)c2)C1c1cccnc1. The van der Waals surface area contributed by atoms with E-state index in [1.807, 2.05) is 24.3 Å². The standard InChI is InChI=1S/C20H20N2O4/c1-3-16(23)17-18(14-7-5-9-21-11-14)22(20(25)19(17)24)12-13-6-4-8-15(10-13)26-2/h4-11,18,24H,3,12H2,1-2H3. The summed E-state index contributed by atoms with van der Waals surface area (Å²) in [6.45, 7) is 1.94. The maximum Gasteiger partial charge on any atom is 0.290 e. The number of carbonyl (C=O) groups is 2. The van der Waals surface area contributed by atoms with Crippen LogP contribution in [-0.4, -0.2) is 33.8 Å². The van der Waals surface area contributed by atoms with Crippen molar-refractivity contribution in [1.29, 1.82) is 0 Å². The van der Waals surface area contributed by atoms with Crippen LogP contribution >= 0.6 is 0 Å². The Morgan fingerprint density at radius 3 is 2.77 bits per heavy atom. The topological polar surface area (TPSA) is 79.7 Å². The molecule has 0 saturated heterocycles. The molecular formula is C20H20N2O4. The van der Waals surface area contributed by atoms with Crippen molar-refractivity contribution in [2.45, 2.75) is 25.9 Å². The molecule has 0 spiro atoms. The van der Waals surface area contributed by atoms with Gasteiger partial charge < -0.3 is 14.7 Å². The molecule has 1 aromatic carbocycles. The largest absolute Gasteiger partial charge is 0.503 e. The van der Waals surface area contributed by atoms with Crippen molar-refractivity contribution >= 4 is 11.7 Å². The molecule has 1 aromatic heterocycles. The molecule has 3 rings (SSSR count). The summed E-state index contributed by atoms with van der Waals surface area (Å²) >= 11 is 0. The highest BCUT2D eigenvalue weighted by Crippen LogP contribution is 2.39. The number of nitrogens with zero attached hydrogens (tertiary/aromatic N) is 2. The van der Waals surface area contributed by atoms with Crippen molar-refractivity contribution in [3.05, 3.63) is 71.3 Å². The van der Waals surface area contributed by atoms with E-state index in [2.05, 4.69) is 4.98 Å². The number of hydrogen-bond donors (Lipinski definition) is 1. The summed E-state index contributed by atoms with van der Waals surface area (Å²) in [5.41, 5.74) is 1.66. The molecule has 134 valence electrons. The zero-order valence-electron chi connectivity index (χ0n) is 14.7. The van der Waals surface area contributed by atoms with Gasteiger partial charge in [0.15, 0.2) is 11.5 Å². The number of methoxy groups -OCH3 is 1. The number of ketones is 1. The molecule has 0 saturated carbocycles. The minimum atomic E-state index is -0.658. The van der Waals surface area contributed by atoms with Crippen LogP contribution in [0.25, 0.3) is 0 Å². The molecule has 2 aromatic rings. The highest BCUT2D eigenvalue weighted by molar-refractivity contribution is 6.08. The molecule has 1 aliphatic heterocycles. The molecule has 0 aliphatic carbocycles. The predicted molar refractivity (Wildman–Crippen MR) is 95.5 cm³/mol. The number of aliphatic hydroxyl groups excluding tert-OH is 1. The van der Waals surface area contributed by atoms with E-state index < -0.39 is 17.7 Å². The maximum atomic E-state index is 12.7. The maximum absolute atomic E-state index is 12.7. The van der Waals surface area contributed by atoms with Crippen LogP contribution < -0.4 is 4.74 Å². The predicted octanol–water partition coefficient (Wildman–Crippen LogP) is 2.96. The first-order chi connectivity index (χ1) is 12.6. The number of Topliss-reactive ketones (excluding diaryl/α,β-unsaturated/α-hetero) is 1. The Morgan fingerprint density at radius 2 is 2.12 bits per heavy atom. The van der Waals surface area contributed by atoms with Gasteiger partial charge in [0, 0.05) is 25.4 Å². The van der Waals surface area contributed by atoms with E-state index in [9.17, 15) is 14.7 Å². The van der Waals surface area contributed by atoms with Crippen LogP contribution in [0.1, 0.15) is 30.5 Å². The zero-order valence-corrected chi connectivity index (χ0v) is 14.7. The fourth-order valence-corrected chi connectivity index (χ4v) is 3.14. The normalized spacial score (nSPS) is 16.9. The Morgan fingerprint density at radius 1 is 1.31 bits per heavy atom. The van der Waals surface area contributed by atoms with Crippen LogP contribution in [0.5, 0.6) is 5.75 Å². The summed E-state index contributed by atoms with van der Waals surface area (Å²) < 4.78 is 5.23. The van der Waals surface area contributed by atoms with Gasteiger partial charge in [-0.05, 0) is 29.3 Å². The molecule has 6 nitrogen and oxygen atoms in total. The lowest BCUT2D eigenvalue weighted by atomic mass is 9.96. The van der Waals surface area contributed by atoms with Crippen LogP contribution in [0.2, 0.25) is 0 Å². The quantitative estimate of drug-likeness (QED) is 0.864. The van der Waals surface area contributed by atoms with E-state index in [0.29, 0.717) is 11.3 Å². The van der Waals surface area contributed by atoms with Gasteiger partial charge in [0.25, 0.3) is 5.91 Å². The molecular weight excluding hydrogens is 332 g/mol. The van der Waals surface area contributed by atoms with Crippen LogP contribution in [0.3, 0.4) is 0 Å². The Balaban J connectivity index is 2.02. The fourth-order valence-electron chi connectivity index (χ4n) is 3.14. The second-order valence-corrected chi connectivity index (χ2v) is 6.01. The molecule has 26 heavy (non-hydrogen) atoms. The van der Waals surface area contributed by atoms with Gasteiger partial charge in [0.1, 0.15) is 5.75 Å². The van der Waals surface area contributed by atoms with E-state index in [-0.39, 0.29) is 24.3 Å². The second kappa shape index (κ2) is 7.39. The van der Waals surface area contributed by atoms with E-state index in [0.717, 1.165) is 5.56 Å². The lowest BCUT2D eigenvalue weighted by Gasteiger charge is -2.26. The minimum absolute atomic E-state index is 0.133. The molecule has 6 heteroatoms. The Labute approximate surface area is 151 Å². The summed E-state index contributed by atoms with van der Waals surface area (Å²) in [5, 5.41) is 10.4. The highest BCUT2D eigenvalue weighted by Gasteiger charge is 2.42. The summed E-state index contributed by atoms with van der Waals surface area (Å²) in [7, 11) is 1.57. The zero-order chi connectivity index (χ0) is 18.7. The van der Waals surface area contributed by atoms with Crippen molar-refractivity contribution in [3.8, 4) is 5.75 Å². The van der Waals surface area contributed by atoms with Gasteiger partial charge in [-0.3, -0.25) is 14.6 Å². The number of aliphatic hydroxyl groups is 1. The van der Waals surface area contributed by atoms with Gasteiger partial charge in [-0.1, -0.05) is 25.1 Å². The van der Waals surface area contributed by atoms with Gasteiger partial charge in [0.2, 0.25) is 0 Å². The molecule has 1 aliphatic rings. The molecule has 1 atom stereocenters. The van der Waals surface area contributed by atoms with Gasteiger partial charge in [-0.25, -0.2) is 0 Å². The molecule has 1 unspecified atom stereocenters. The summed E-state index contributed by atoms with van der Waals surface area (Å²) in [4.78, 5) is 30.7. The van der Waals surface area contributed by atoms with E-state index >= 15 is 0 Å². The summed E-state index contributed by atoms with van der Waals surface area (Å²) in [6.07, 6.45) is 3.44. The van der Waals surface area contributed by atoms with Crippen LogP contribution in [0, 0.1) is 0 Å². The first kappa shape index (κ1) is 17.7. The number of rotatable bonds is 6. The smallest absolute Gasteiger partial charge is 0.290 e. The highest BCUT2D eigenvalue weighted by atomic mass is 16.5. The number of carbonyl (C=O) groups excluding carboxylic acids is 2. The first-order valence-electron chi connectivity index (χ1n) is 8.37. The average Bonchev–Trinajstić information content (AvgIpc) is 2.93.